The maximum atomic E-state index is 13.4. The number of rotatable bonds is 5. The van der Waals surface area contributed by atoms with E-state index in [-0.39, 0.29) is 29.8 Å². The van der Waals surface area contributed by atoms with Gasteiger partial charge in [0, 0.05) is 42.8 Å². The molecule has 4 rings (SSSR count). The molecule has 2 heterocycles. The maximum absolute atomic E-state index is 13.4. The molecule has 2 N–H and O–H groups in total. The van der Waals surface area contributed by atoms with Gasteiger partial charge in [0.05, 0.1) is 11.0 Å². The third kappa shape index (κ3) is 4.02. The highest BCUT2D eigenvalue weighted by atomic mass is 32.2. The number of aromatic amines is 1. The van der Waals surface area contributed by atoms with Crippen molar-refractivity contribution in [3.8, 4) is 11.1 Å². The van der Waals surface area contributed by atoms with E-state index in [1.165, 1.54) is 29.2 Å². The zero-order valence-electron chi connectivity index (χ0n) is 15.7. The number of morpholine rings is 1. The molecule has 0 saturated carbocycles. The van der Waals surface area contributed by atoms with Gasteiger partial charge in [-0.05, 0) is 35.9 Å². The molecule has 0 bridgehead atoms. The highest BCUT2D eigenvalue weighted by Gasteiger charge is 2.25. The van der Waals surface area contributed by atoms with E-state index in [0.29, 0.717) is 12.1 Å². The molecule has 1 fully saturated rings. The molecule has 1 aliphatic heterocycles. The SMILES string of the molecule is CN1CC(CNS(=O)(=O)c2ccc(-c3c[nH]c4cc(F)ccc34)cc2)OCC1=O. The number of benzene rings is 2. The Labute approximate surface area is 167 Å². The number of hydrogen-bond acceptors (Lipinski definition) is 4. The van der Waals surface area contributed by atoms with Gasteiger partial charge in [-0.25, -0.2) is 17.5 Å². The summed E-state index contributed by atoms with van der Waals surface area (Å²) in [6.07, 6.45) is 1.38. The van der Waals surface area contributed by atoms with E-state index in [2.05, 4.69) is 9.71 Å². The summed E-state index contributed by atoms with van der Waals surface area (Å²) in [5, 5.41) is 0.855. The number of nitrogens with one attached hydrogen (secondary N) is 2. The van der Waals surface area contributed by atoms with Gasteiger partial charge >= 0.3 is 0 Å². The average Bonchev–Trinajstić information content (AvgIpc) is 3.12. The average molecular weight is 417 g/mol. The van der Waals surface area contributed by atoms with Gasteiger partial charge in [0.1, 0.15) is 12.4 Å². The van der Waals surface area contributed by atoms with Crippen molar-refractivity contribution in [2.24, 2.45) is 0 Å². The van der Waals surface area contributed by atoms with E-state index in [1.807, 2.05) is 0 Å². The molecular weight excluding hydrogens is 397 g/mol. The topological polar surface area (TPSA) is 91.5 Å². The van der Waals surface area contributed by atoms with Crippen LogP contribution in [-0.4, -0.2) is 57.1 Å². The predicted molar refractivity (Wildman–Crippen MR) is 106 cm³/mol. The van der Waals surface area contributed by atoms with Crippen LogP contribution >= 0.6 is 0 Å². The number of amides is 1. The third-order valence-electron chi connectivity index (χ3n) is 4.97. The van der Waals surface area contributed by atoms with Crippen LogP contribution in [0, 0.1) is 5.82 Å². The minimum Gasteiger partial charge on any atom is -0.365 e. The molecule has 0 spiro atoms. The van der Waals surface area contributed by atoms with Crippen LogP contribution in [0.3, 0.4) is 0 Å². The fraction of sp³-hybridized carbons (Fsp3) is 0.250. The van der Waals surface area contributed by atoms with Gasteiger partial charge in [0.2, 0.25) is 15.9 Å². The summed E-state index contributed by atoms with van der Waals surface area (Å²) in [4.78, 5) is 16.1. The summed E-state index contributed by atoms with van der Waals surface area (Å²) >= 11 is 0. The highest BCUT2D eigenvalue weighted by molar-refractivity contribution is 7.89. The van der Waals surface area contributed by atoms with Crippen molar-refractivity contribution in [3.05, 3.63) is 54.5 Å². The predicted octanol–water partition coefficient (Wildman–Crippen LogP) is 2.11. The fourth-order valence-electron chi connectivity index (χ4n) is 3.32. The molecule has 2 aromatic carbocycles. The summed E-state index contributed by atoms with van der Waals surface area (Å²) in [6.45, 7) is 0.364. The second-order valence-electron chi connectivity index (χ2n) is 6.98. The first kappa shape index (κ1) is 19.6. The third-order valence-corrected chi connectivity index (χ3v) is 6.41. The van der Waals surface area contributed by atoms with Gasteiger partial charge < -0.3 is 14.6 Å². The Hall–Kier alpha value is -2.75. The van der Waals surface area contributed by atoms with Crippen LogP contribution in [0.15, 0.2) is 53.6 Å². The molecule has 1 unspecified atom stereocenters. The van der Waals surface area contributed by atoms with Crippen molar-refractivity contribution in [2.45, 2.75) is 11.0 Å². The Morgan fingerprint density at radius 1 is 1.24 bits per heavy atom. The van der Waals surface area contributed by atoms with Crippen molar-refractivity contribution >= 4 is 26.8 Å². The van der Waals surface area contributed by atoms with Crippen LogP contribution in [0.4, 0.5) is 4.39 Å². The lowest BCUT2D eigenvalue weighted by molar-refractivity contribution is -0.146. The van der Waals surface area contributed by atoms with Crippen LogP contribution in [0.2, 0.25) is 0 Å². The molecule has 9 heteroatoms. The van der Waals surface area contributed by atoms with Gasteiger partial charge in [-0.1, -0.05) is 12.1 Å². The standard InChI is InChI=1S/C20H20FN3O4S/c1-24-11-15(28-12-20(24)25)9-23-29(26,27)16-5-2-13(3-6-16)18-10-22-19-8-14(21)4-7-17(18)19/h2-8,10,15,22-23H,9,11-12H2,1H3. The molecule has 3 aromatic rings. The van der Waals surface area contributed by atoms with E-state index in [9.17, 15) is 17.6 Å². The lowest BCUT2D eigenvalue weighted by atomic mass is 10.1. The van der Waals surface area contributed by atoms with Crippen LogP contribution in [0.5, 0.6) is 0 Å². The quantitative estimate of drug-likeness (QED) is 0.665. The molecule has 0 aliphatic carbocycles. The molecule has 1 aliphatic rings. The lowest BCUT2D eigenvalue weighted by Gasteiger charge is -2.29. The van der Waals surface area contributed by atoms with E-state index >= 15 is 0 Å². The zero-order chi connectivity index (χ0) is 20.6. The lowest BCUT2D eigenvalue weighted by Crippen LogP contribution is -2.48. The molecule has 1 amide bonds. The monoisotopic (exact) mass is 417 g/mol. The summed E-state index contributed by atoms with van der Waals surface area (Å²) in [7, 11) is -2.06. The Balaban J connectivity index is 1.48. The van der Waals surface area contributed by atoms with E-state index in [4.69, 9.17) is 4.74 Å². The number of H-pyrrole nitrogens is 1. The van der Waals surface area contributed by atoms with Crippen LogP contribution in [0.1, 0.15) is 0 Å². The largest absolute Gasteiger partial charge is 0.365 e. The van der Waals surface area contributed by atoms with Crippen molar-refractivity contribution < 1.29 is 22.3 Å². The molecule has 0 radical (unpaired) electrons. The van der Waals surface area contributed by atoms with Crippen molar-refractivity contribution in [1.29, 1.82) is 0 Å². The minimum atomic E-state index is -3.72. The number of likely N-dealkylation sites (N-methyl/N-ethyl adjacent to an activating group) is 1. The van der Waals surface area contributed by atoms with Crippen molar-refractivity contribution in [1.82, 2.24) is 14.6 Å². The molecule has 29 heavy (non-hydrogen) atoms. The van der Waals surface area contributed by atoms with E-state index < -0.39 is 16.1 Å². The van der Waals surface area contributed by atoms with Gasteiger partial charge in [-0.2, -0.15) is 0 Å². The summed E-state index contributed by atoms with van der Waals surface area (Å²) in [5.74, 6) is -0.448. The number of ether oxygens (including phenoxy) is 1. The Morgan fingerprint density at radius 3 is 2.72 bits per heavy atom. The Kier molecular flexibility index (Phi) is 5.12. The first-order valence-electron chi connectivity index (χ1n) is 9.06. The van der Waals surface area contributed by atoms with E-state index in [1.54, 1.807) is 31.4 Å². The van der Waals surface area contributed by atoms with Crippen molar-refractivity contribution in [2.75, 3.05) is 26.7 Å². The number of nitrogens with zero attached hydrogens (tertiary/aromatic N) is 1. The Morgan fingerprint density at radius 2 is 2.00 bits per heavy atom. The van der Waals surface area contributed by atoms with Gasteiger partial charge in [0.15, 0.2) is 0 Å². The Bertz CT molecular complexity index is 1160. The number of fused-ring (bicyclic) bond motifs is 1. The number of halogens is 1. The highest BCUT2D eigenvalue weighted by Crippen LogP contribution is 2.29. The van der Waals surface area contributed by atoms with Crippen molar-refractivity contribution in [3.63, 3.8) is 0 Å². The normalized spacial score (nSPS) is 17.8. The number of carbonyl (C=O) groups excluding carboxylic acids is 1. The summed E-state index contributed by atoms with van der Waals surface area (Å²) in [5.41, 5.74) is 2.35. The summed E-state index contributed by atoms with van der Waals surface area (Å²) in [6, 6.07) is 11.0. The van der Waals surface area contributed by atoms with Gasteiger partial charge in [0.25, 0.3) is 0 Å². The smallest absolute Gasteiger partial charge is 0.248 e. The van der Waals surface area contributed by atoms with Crippen LogP contribution in [0.25, 0.3) is 22.0 Å². The van der Waals surface area contributed by atoms with Gasteiger partial charge in [-0.3, -0.25) is 4.79 Å². The van der Waals surface area contributed by atoms with Crippen LogP contribution in [-0.2, 0) is 19.6 Å². The molecule has 1 aromatic heterocycles. The number of carbonyl (C=O) groups is 1. The van der Waals surface area contributed by atoms with Crippen LogP contribution < -0.4 is 4.72 Å². The second kappa shape index (κ2) is 7.58. The molecule has 152 valence electrons. The molecule has 1 atom stereocenters. The molecule has 7 nitrogen and oxygen atoms in total. The zero-order valence-corrected chi connectivity index (χ0v) is 16.5. The second-order valence-corrected chi connectivity index (χ2v) is 8.74. The first-order chi connectivity index (χ1) is 13.8. The molecule has 1 saturated heterocycles. The van der Waals surface area contributed by atoms with E-state index in [0.717, 1.165) is 16.5 Å². The summed E-state index contributed by atoms with van der Waals surface area (Å²) < 4.78 is 46.4. The number of sulfonamides is 1. The first-order valence-corrected chi connectivity index (χ1v) is 10.5. The molecular formula is C20H20FN3O4S. The van der Waals surface area contributed by atoms with Gasteiger partial charge in [-0.15, -0.1) is 0 Å². The number of aromatic nitrogens is 1. The fourth-order valence-corrected chi connectivity index (χ4v) is 4.39. The minimum absolute atomic E-state index is 0.0495. The number of hydrogen-bond donors (Lipinski definition) is 2. The maximum Gasteiger partial charge on any atom is 0.248 e.